The summed E-state index contributed by atoms with van der Waals surface area (Å²) in [4.78, 5) is 40.4. The smallest absolute Gasteiger partial charge is 0.274 e. The summed E-state index contributed by atoms with van der Waals surface area (Å²) >= 11 is 5.58. The first-order chi connectivity index (χ1) is 17.1. The quantitative estimate of drug-likeness (QED) is 0.460. The molecular formula is C25H28ClF2N3O5. The number of hydrogen-bond acceptors (Lipinski definition) is 5. The first-order valence-corrected chi connectivity index (χ1v) is 12.2. The van der Waals surface area contributed by atoms with Crippen LogP contribution in [0.25, 0.3) is 0 Å². The lowest BCUT2D eigenvalue weighted by molar-refractivity contribution is 0.0636. The maximum Gasteiger partial charge on any atom is 0.274 e. The molecular weight excluding hydrogens is 496 g/mol. The Labute approximate surface area is 211 Å². The second kappa shape index (κ2) is 10.2. The highest BCUT2D eigenvalue weighted by atomic mass is 35.5. The van der Waals surface area contributed by atoms with Crippen molar-refractivity contribution in [3.63, 3.8) is 0 Å². The summed E-state index contributed by atoms with van der Waals surface area (Å²) in [5, 5.41) is 21.6. The minimum absolute atomic E-state index is 0.0821. The van der Waals surface area contributed by atoms with Crippen LogP contribution in [0.5, 0.6) is 5.75 Å². The molecule has 4 rings (SSSR count). The van der Waals surface area contributed by atoms with Gasteiger partial charge in [0.2, 0.25) is 5.43 Å². The molecule has 2 amide bonds. The topological polar surface area (TPSA) is 112 Å². The molecule has 1 aliphatic carbocycles. The molecule has 194 valence electrons. The minimum Gasteiger partial charge on any atom is -0.503 e. The zero-order valence-electron chi connectivity index (χ0n) is 19.9. The largest absolute Gasteiger partial charge is 0.503 e. The first kappa shape index (κ1) is 26.1. The van der Waals surface area contributed by atoms with Crippen molar-refractivity contribution >= 4 is 23.4 Å². The summed E-state index contributed by atoms with van der Waals surface area (Å²) < 4.78 is 29.1. The van der Waals surface area contributed by atoms with Gasteiger partial charge in [0.15, 0.2) is 11.4 Å². The molecule has 1 aromatic carbocycles. The summed E-state index contributed by atoms with van der Waals surface area (Å²) in [7, 11) is 0. The van der Waals surface area contributed by atoms with Crippen LogP contribution in [0.2, 0.25) is 5.02 Å². The molecule has 2 aromatic rings. The van der Waals surface area contributed by atoms with Gasteiger partial charge in [0.25, 0.3) is 11.8 Å². The molecule has 2 heterocycles. The fraction of sp³-hybridized carbons (Fsp3) is 0.480. The highest BCUT2D eigenvalue weighted by molar-refractivity contribution is 6.30. The van der Waals surface area contributed by atoms with E-state index in [1.165, 1.54) is 15.7 Å². The van der Waals surface area contributed by atoms with Gasteiger partial charge >= 0.3 is 0 Å². The summed E-state index contributed by atoms with van der Waals surface area (Å²) in [6.45, 7) is 4.37. The number of fused-ring (bicyclic) bond motifs is 1. The van der Waals surface area contributed by atoms with E-state index in [0.29, 0.717) is 37.1 Å². The predicted octanol–water partition coefficient (Wildman–Crippen LogP) is 3.09. The normalized spacial score (nSPS) is 22.9. The average molecular weight is 524 g/mol. The Bertz CT molecular complexity index is 1260. The van der Waals surface area contributed by atoms with E-state index in [-0.39, 0.29) is 37.0 Å². The van der Waals surface area contributed by atoms with Crippen molar-refractivity contribution in [3.05, 3.63) is 62.0 Å². The number of aliphatic hydroxyl groups is 1. The van der Waals surface area contributed by atoms with E-state index < -0.39 is 45.2 Å². The molecule has 1 unspecified atom stereocenters. The van der Waals surface area contributed by atoms with Gasteiger partial charge in [-0.3, -0.25) is 14.4 Å². The van der Waals surface area contributed by atoms with Crippen molar-refractivity contribution in [1.29, 1.82) is 0 Å². The second-order valence-electron chi connectivity index (χ2n) is 9.59. The number of aliphatic hydroxyl groups excluding tert-OH is 1. The third-order valence-corrected chi connectivity index (χ3v) is 7.84. The van der Waals surface area contributed by atoms with Gasteiger partial charge in [-0.1, -0.05) is 31.5 Å². The van der Waals surface area contributed by atoms with Crippen LogP contribution in [0, 0.1) is 29.4 Å². The van der Waals surface area contributed by atoms with Gasteiger partial charge in [-0.15, -0.1) is 0 Å². The highest BCUT2D eigenvalue weighted by Crippen LogP contribution is 2.50. The molecule has 1 saturated carbocycles. The van der Waals surface area contributed by atoms with E-state index >= 15 is 0 Å². The molecule has 0 saturated heterocycles. The van der Waals surface area contributed by atoms with Crippen LogP contribution < -0.4 is 10.7 Å². The van der Waals surface area contributed by atoms with Crippen LogP contribution in [-0.4, -0.2) is 51.2 Å². The van der Waals surface area contributed by atoms with Crippen molar-refractivity contribution in [2.75, 3.05) is 19.7 Å². The van der Waals surface area contributed by atoms with Gasteiger partial charge in [0, 0.05) is 38.0 Å². The van der Waals surface area contributed by atoms with Gasteiger partial charge in [-0.05, 0) is 36.7 Å². The molecule has 1 aromatic heterocycles. The standard InChI is InChI=1S/C25H28ClF2N3O5/c1-12-13(2)16(12)8-15-10-30(6-3-7-32)25(36)21-23(34)22(33)17(11-31(15)21)24(35)29-9-14-4-5-18(27)19(26)20(14)28/h4-5,11-13,15-16,32,34H,3,6-10H2,1-2H3,(H,29,35)/t12-,13+,15-,16?/m1/s1. The van der Waals surface area contributed by atoms with Crippen molar-refractivity contribution in [3.8, 4) is 5.75 Å². The molecule has 1 aliphatic heterocycles. The van der Waals surface area contributed by atoms with E-state index in [4.69, 9.17) is 11.6 Å². The Hall–Kier alpha value is -2.98. The number of amides is 2. The lowest BCUT2D eigenvalue weighted by Gasteiger charge is -2.36. The van der Waals surface area contributed by atoms with E-state index in [1.54, 1.807) is 0 Å². The van der Waals surface area contributed by atoms with Crippen LogP contribution in [0.15, 0.2) is 23.1 Å². The molecule has 0 radical (unpaired) electrons. The van der Waals surface area contributed by atoms with Gasteiger partial charge in [-0.25, -0.2) is 8.78 Å². The Balaban J connectivity index is 1.66. The average Bonchev–Trinajstić information content (AvgIpc) is 3.42. The van der Waals surface area contributed by atoms with Gasteiger partial charge in [0.1, 0.15) is 22.2 Å². The van der Waals surface area contributed by atoms with Crippen LogP contribution in [0.1, 0.15) is 59.1 Å². The molecule has 1 fully saturated rings. The SMILES string of the molecule is C[C@@H]1C(C[C@@H]2CN(CCCO)C(=O)c3c(O)c(=O)c(C(=O)NCc4ccc(F)c(Cl)c4F)cn32)[C@@H]1C. The summed E-state index contributed by atoms with van der Waals surface area (Å²) in [5.74, 6) is -2.86. The summed E-state index contributed by atoms with van der Waals surface area (Å²) in [5.41, 5.74) is -1.70. The number of carbonyl (C=O) groups is 2. The number of pyridine rings is 1. The van der Waals surface area contributed by atoms with E-state index in [1.807, 2.05) is 0 Å². The third-order valence-electron chi connectivity index (χ3n) is 7.49. The number of aromatic nitrogens is 1. The van der Waals surface area contributed by atoms with Crippen LogP contribution in [0.4, 0.5) is 8.78 Å². The van der Waals surface area contributed by atoms with Gasteiger partial charge < -0.3 is 25.0 Å². The number of carbonyl (C=O) groups excluding carboxylic acids is 2. The number of benzene rings is 1. The van der Waals surface area contributed by atoms with Gasteiger partial charge in [0.05, 0.1) is 6.04 Å². The fourth-order valence-corrected chi connectivity index (χ4v) is 5.17. The van der Waals surface area contributed by atoms with Crippen LogP contribution >= 0.6 is 11.6 Å². The number of hydrogen-bond donors (Lipinski definition) is 3. The molecule has 11 heteroatoms. The number of nitrogens with zero attached hydrogens (tertiary/aromatic N) is 2. The molecule has 0 bridgehead atoms. The highest BCUT2D eigenvalue weighted by Gasteiger charge is 2.46. The monoisotopic (exact) mass is 523 g/mol. The van der Waals surface area contributed by atoms with E-state index in [2.05, 4.69) is 19.2 Å². The Kier molecular flexibility index (Phi) is 7.38. The van der Waals surface area contributed by atoms with Crippen molar-refractivity contribution < 1.29 is 28.6 Å². The number of rotatable bonds is 8. The minimum atomic E-state index is -1.03. The molecule has 3 N–H and O–H groups in total. The van der Waals surface area contributed by atoms with E-state index in [9.17, 15) is 33.4 Å². The number of nitrogens with one attached hydrogen (secondary N) is 1. The zero-order valence-corrected chi connectivity index (χ0v) is 20.7. The fourth-order valence-electron chi connectivity index (χ4n) is 4.98. The first-order valence-electron chi connectivity index (χ1n) is 11.9. The lowest BCUT2D eigenvalue weighted by Crippen LogP contribution is -2.46. The Morgan fingerprint density at radius 2 is 1.92 bits per heavy atom. The summed E-state index contributed by atoms with van der Waals surface area (Å²) in [6.07, 6.45) is 2.30. The maximum absolute atomic E-state index is 14.2. The van der Waals surface area contributed by atoms with Crippen LogP contribution in [-0.2, 0) is 6.54 Å². The molecule has 8 nitrogen and oxygen atoms in total. The predicted molar refractivity (Wildman–Crippen MR) is 128 cm³/mol. The Morgan fingerprint density at radius 3 is 2.56 bits per heavy atom. The number of aromatic hydroxyl groups is 1. The van der Waals surface area contributed by atoms with Crippen molar-refractivity contribution in [1.82, 2.24) is 14.8 Å². The third kappa shape index (κ3) is 4.71. The molecule has 2 aliphatic rings. The van der Waals surface area contributed by atoms with Crippen LogP contribution in [0.3, 0.4) is 0 Å². The van der Waals surface area contributed by atoms with Crippen molar-refractivity contribution in [2.45, 2.75) is 39.3 Å². The maximum atomic E-state index is 14.2. The molecule has 36 heavy (non-hydrogen) atoms. The number of halogens is 3. The zero-order chi connectivity index (χ0) is 26.3. The van der Waals surface area contributed by atoms with E-state index in [0.717, 1.165) is 12.1 Å². The van der Waals surface area contributed by atoms with Gasteiger partial charge in [-0.2, -0.15) is 0 Å². The lowest BCUT2D eigenvalue weighted by atomic mass is 10.0. The summed E-state index contributed by atoms with van der Waals surface area (Å²) in [6, 6.07) is 1.80. The second-order valence-corrected chi connectivity index (χ2v) is 9.97. The molecule has 4 atom stereocenters. The molecule has 0 spiro atoms. The Morgan fingerprint density at radius 1 is 1.22 bits per heavy atom. The van der Waals surface area contributed by atoms with Crippen molar-refractivity contribution in [2.24, 2.45) is 17.8 Å².